The first-order valence-corrected chi connectivity index (χ1v) is 14.5. The molecule has 0 fully saturated rings. The number of ether oxygens (including phenoxy) is 10. The molecule has 0 aromatic carbocycles. The highest BCUT2D eigenvalue weighted by Crippen LogP contribution is 2.08. The molecule has 0 aliphatic heterocycles. The van der Waals surface area contributed by atoms with Crippen LogP contribution < -0.4 is 0 Å². The van der Waals surface area contributed by atoms with Gasteiger partial charge in [0.25, 0.3) is 0 Å². The Bertz CT molecular complexity index is 566. The lowest BCUT2D eigenvalue weighted by molar-refractivity contribution is -0.0255. The van der Waals surface area contributed by atoms with E-state index < -0.39 is 5.60 Å². The largest absolute Gasteiger partial charge is 0.444 e. The van der Waals surface area contributed by atoms with Crippen LogP contribution in [-0.2, 0) is 47.4 Å². The van der Waals surface area contributed by atoms with Gasteiger partial charge in [0.15, 0.2) is 0 Å². The van der Waals surface area contributed by atoms with Gasteiger partial charge < -0.3 is 57.2 Å². The molecule has 13 nitrogen and oxygen atoms in total. The van der Waals surface area contributed by atoms with Crippen molar-refractivity contribution in [2.24, 2.45) is 0 Å². The maximum atomic E-state index is 11.8. The van der Waals surface area contributed by atoms with Crippen molar-refractivity contribution in [3.05, 3.63) is 0 Å². The van der Waals surface area contributed by atoms with E-state index in [9.17, 15) is 4.79 Å². The van der Waals surface area contributed by atoms with Crippen molar-refractivity contribution >= 4 is 6.09 Å². The second-order valence-corrected chi connectivity index (χ2v) is 10.2. The summed E-state index contributed by atoms with van der Waals surface area (Å²) in [7, 11) is 5.72. The van der Waals surface area contributed by atoms with Crippen LogP contribution in [0.25, 0.3) is 0 Å². The Balaban J connectivity index is 3.16. The van der Waals surface area contributed by atoms with Crippen LogP contribution in [0.2, 0.25) is 0 Å². The lowest BCUT2D eigenvalue weighted by Gasteiger charge is -2.24. The van der Waals surface area contributed by atoms with E-state index in [0.717, 1.165) is 6.54 Å². The molecule has 0 saturated heterocycles. The van der Waals surface area contributed by atoms with Gasteiger partial charge in [0.1, 0.15) is 5.60 Å². The Morgan fingerprint density at radius 2 is 0.683 bits per heavy atom. The maximum absolute atomic E-state index is 11.8. The Labute approximate surface area is 247 Å². The number of carbonyl (C=O) groups is 1. The van der Waals surface area contributed by atoms with Crippen LogP contribution in [0.4, 0.5) is 4.79 Å². The van der Waals surface area contributed by atoms with Gasteiger partial charge in [0.05, 0.1) is 119 Å². The molecule has 1 amide bonds. The minimum Gasteiger partial charge on any atom is -0.444 e. The highest BCUT2D eigenvalue weighted by molar-refractivity contribution is 5.67. The van der Waals surface area contributed by atoms with Gasteiger partial charge in [-0.25, -0.2) is 4.79 Å². The third-order valence-electron chi connectivity index (χ3n) is 4.94. The van der Waals surface area contributed by atoms with E-state index in [1.807, 2.05) is 34.9 Å². The van der Waals surface area contributed by atoms with E-state index in [2.05, 4.69) is 4.90 Å². The average Bonchev–Trinajstić information content (AvgIpc) is 2.91. The molecule has 0 aliphatic carbocycles. The van der Waals surface area contributed by atoms with Crippen molar-refractivity contribution < 1.29 is 52.2 Å². The van der Waals surface area contributed by atoms with Crippen molar-refractivity contribution in [2.45, 2.75) is 26.4 Å². The number of hydrogen-bond donors (Lipinski definition) is 0. The van der Waals surface area contributed by atoms with E-state index in [-0.39, 0.29) is 6.09 Å². The Hall–Kier alpha value is -1.13. The third-order valence-corrected chi connectivity index (χ3v) is 4.94. The first kappa shape index (κ1) is 39.9. The summed E-state index contributed by atoms with van der Waals surface area (Å²) in [5.41, 5.74) is -0.505. The third kappa shape index (κ3) is 33.2. The lowest BCUT2D eigenvalue weighted by atomic mass is 10.2. The smallest absolute Gasteiger partial charge is 0.410 e. The normalized spacial score (nSPS) is 11.9. The van der Waals surface area contributed by atoms with Crippen LogP contribution in [0.1, 0.15) is 20.8 Å². The molecule has 0 saturated carbocycles. The summed E-state index contributed by atoms with van der Waals surface area (Å²) in [6.07, 6.45) is -0.361. The molecule has 0 bridgehead atoms. The zero-order valence-electron chi connectivity index (χ0n) is 26.5. The molecule has 0 aromatic rings. The SMILES string of the molecule is CN(C)CCOCCOCCOCCOCCOCCOCCOCCOCCOCCN(C)C(=O)OC(C)(C)C. The molecule has 41 heavy (non-hydrogen) atoms. The van der Waals surface area contributed by atoms with Gasteiger partial charge in [-0.2, -0.15) is 0 Å². The molecule has 0 radical (unpaired) electrons. The van der Waals surface area contributed by atoms with Crippen molar-refractivity contribution in [1.82, 2.24) is 9.80 Å². The highest BCUT2D eigenvalue weighted by Gasteiger charge is 2.19. The first-order chi connectivity index (χ1) is 19.7. The van der Waals surface area contributed by atoms with Crippen molar-refractivity contribution in [3.8, 4) is 0 Å². The fourth-order valence-corrected chi connectivity index (χ4v) is 2.74. The minimum atomic E-state index is -0.505. The quantitative estimate of drug-likeness (QED) is 0.112. The van der Waals surface area contributed by atoms with Gasteiger partial charge in [-0.05, 0) is 34.9 Å². The van der Waals surface area contributed by atoms with Gasteiger partial charge in [-0.1, -0.05) is 0 Å². The van der Waals surface area contributed by atoms with E-state index in [4.69, 9.17) is 47.4 Å². The number of amides is 1. The predicted octanol–water partition coefficient (Wildman–Crippen LogP) is 1.56. The zero-order chi connectivity index (χ0) is 30.4. The first-order valence-electron chi connectivity index (χ1n) is 14.5. The monoisotopic (exact) mass is 598 g/mol. The van der Waals surface area contributed by atoms with Crippen molar-refractivity contribution in [1.29, 1.82) is 0 Å². The van der Waals surface area contributed by atoms with Crippen LogP contribution in [0.5, 0.6) is 0 Å². The van der Waals surface area contributed by atoms with E-state index in [0.29, 0.717) is 125 Å². The summed E-state index contributed by atoms with van der Waals surface area (Å²) in [5.74, 6) is 0. The van der Waals surface area contributed by atoms with E-state index in [1.54, 1.807) is 7.05 Å². The van der Waals surface area contributed by atoms with Gasteiger partial charge in [0.2, 0.25) is 0 Å². The molecule has 0 aliphatic rings. The molecule has 0 unspecified atom stereocenters. The molecule has 13 heteroatoms. The zero-order valence-corrected chi connectivity index (χ0v) is 26.5. The molecule has 246 valence electrons. The van der Waals surface area contributed by atoms with Crippen LogP contribution >= 0.6 is 0 Å². The summed E-state index contributed by atoms with van der Waals surface area (Å²) in [4.78, 5) is 15.4. The summed E-state index contributed by atoms with van der Waals surface area (Å²) < 4.78 is 54.4. The van der Waals surface area contributed by atoms with Gasteiger partial charge in [-0.3, -0.25) is 0 Å². The molecule has 0 N–H and O–H groups in total. The van der Waals surface area contributed by atoms with E-state index in [1.165, 1.54) is 4.90 Å². The van der Waals surface area contributed by atoms with Gasteiger partial charge >= 0.3 is 6.09 Å². The number of hydrogen-bond acceptors (Lipinski definition) is 12. The fraction of sp³-hybridized carbons (Fsp3) is 0.964. The fourth-order valence-electron chi connectivity index (χ4n) is 2.74. The summed E-state index contributed by atoms with van der Waals surface area (Å²) in [5, 5.41) is 0. The van der Waals surface area contributed by atoms with E-state index >= 15 is 0 Å². The second-order valence-electron chi connectivity index (χ2n) is 10.2. The predicted molar refractivity (Wildman–Crippen MR) is 155 cm³/mol. The molecular weight excluding hydrogens is 540 g/mol. The molecule has 0 atom stereocenters. The van der Waals surface area contributed by atoms with Crippen LogP contribution in [0.15, 0.2) is 0 Å². The lowest BCUT2D eigenvalue weighted by Crippen LogP contribution is -2.36. The number of rotatable bonds is 30. The molecule has 0 rings (SSSR count). The standard InChI is InChI=1S/C28H58N2O11/c1-28(2,3)41-27(31)30(6)8-10-33-12-14-35-16-18-37-20-22-39-24-26-40-25-23-38-21-19-36-17-15-34-13-11-32-9-7-29(4)5/h7-26H2,1-6H3. The Kier molecular flexibility index (Phi) is 28.2. The Morgan fingerprint density at radius 1 is 0.439 bits per heavy atom. The topological polar surface area (TPSA) is 116 Å². The second kappa shape index (κ2) is 29.0. The molecule has 0 aromatic heterocycles. The van der Waals surface area contributed by atoms with Gasteiger partial charge in [-0.15, -0.1) is 0 Å². The average molecular weight is 599 g/mol. The van der Waals surface area contributed by atoms with Crippen LogP contribution in [-0.4, -0.2) is 175 Å². The molecular formula is C28H58N2O11. The van der Waals surface area contributed by atoms with Gasteiger partial charge in [0, 0.05) is 20.1 Å². The van der Waals surface area contributed by atoms with Crippen LogP contribution in [0, 0.1) is 0 Å². The number of carbonyl (C=O) groups excluding carboxylic acids is 1. The Morgan fingerprint density at radius 3 is 0.927 bits per heavy atom. The number of likely N-dealkylation sites (N-methyl/N-ethyl adjacent to an activating group) is 2. The number of nitrogens with zero attached hydrogens (tertiary/aromatic N) is 2. The van der Waals surface area contributed by atoms with Crippen molar-refractivity contribution in [2.75, 3.05) is 153 Å². The molecule has 0 heterocycles. The maximum Gasteiger partial charge on any atom is 0.410 e. The summed E-state index contributed by atoms with van der Waals surface area (Å²) >= 11 is 0. The molecule has 0 spiro atoms. The van der Waals surface area contributed by atoms with Crippen LogP contribution in [0.3, 0.4) is 0 Å². The highest BCUT2D eigenvalue weighted by atomic mass is 16.6. The summed E-state index contributed by atoms with van der Waals surface area (Å²) in [6, 6.07) is 0. The minimum absolute atomic E-state index is 0.361. The summed E-state index contributed by atoms with van der Waals surface area (Å²) in [6.45, 7) is 16.3. The van der Waals surface area contributed by atoms with Crippen molar-refractivity contribution in [3.63, 3.8) is 0 Å².